The third-order valence-electron chi connectivity index (χ3n) is 3.83. The lowest BCUT2D eigenvalue weighted by Gasteiger charge is -2.20. The molecule has 1 amide bonds. The van der Waals surface area contributed by atoms with Gasteiger partial charge in [-0.2, -0.15) is 0 Å². The van der Waals surface area contributed by atoms with E-state index in [2.05, 4.69) is 0 Å². The molecule has 19 heavy (non-hydrogen) atoms. The minimum absolute atomic E-state index is 0.0757. The fraction of sp³-hybridized carbons (Fsp3) is 0.467. The van der Waals surface area contributed by atoms with E-state index in [1.165, 1.54) is 0 Å². The Morgan fingerprint density at radius 3 is 2.89 bits per heavy atom. The first-order chi connectivity index (χ1) is 9.25. The fourth-order valence-electron chi connectivity index (χ4n) is 2.68. The number of amides is 1. The number of nitrogens with zero attached hydrogens (tertiary/aromatic N) is 1. The maximum atomic E-state index is 12.1. The Kier molecular flexibility index (Phi) is 3.23. The number of ether oxygens (including phenoxy) is 1. The van der Waals surface area contributed by atoms with Crippen LogP contribution in [0.15, 0.2) is 30.3 Å². The largest absolute Gasteiger partial charge is 0.445 e. The summed E-state index contributed by atoms with van der Waals surface area (Å²) >= 11 is 0. The van der Waals surface area contributed by atoms with Gasteiger partial charge in [-0.1, -0.05) is 30.3 Å². The second-order valence-corrected chi connectivity index (χ2v) is 5.21. The van der Waals surface area contributed by atoms with E-state index < -0.39 is 0 Å². The van der Waals surface area contributed by atoms with Gasteiger partial charge in [0.1, 0.15) is 12.4 Å². The van der Waals surface area contributed by atoms with Crippen LogP contribution in [0.3, 0.4) is 0 Å². The molecule has 1 aromatic rings. The van der Waals surface area contributed by atoms with Crippen LogP contribution < -0.4 is 0 Å². The average Bonchev–Trinajstić information content (AvgIpc) is 3.22. The molecule has 0 aromatic heterocycles. The Morgan fingerprint density at radius 2 is 2.11 bits per heavy atom. The van der Waals surface area contributed by atoms with Crippen molar-refractivity contribution < 1.29 is 14.3 Å². The van der Waals surface area contributed by atoms with Crippen LogP contribution >= 0.6 is 0 Å². The van der Waals surface area contributed by atoms with Crippen LogP contribution in [0.25, 0.3) is 0 Å². The number of carbonyl (C=O) groups is 2. The molecule has 4 nitrogen and oxygen atoms in total. The summed E-state index contributed by atoms with van der Waals surface area (Å²) in [5, 5.41) is 0. The number of rotatable bonds is 2. The molecular formula is C15H17NO3. The van der Waals surface area contributed by atoms with Gasteiger partial charge in [-0.05, 0) is 18.4 Å². The molecule has 2 aliphatic rings. The molecule has 4 heteroatoms. The Bertz CT molecular complexity index is 485. The Labute approximate surface area is 112 Å². The predicted octanol–water partition coefficient (Wildman–Crippen LogP) is 2.38. The second-order valence-electron chi connectivity index (χ2n) is 5.21. The lowest BCUT2D eigenvalue weighted by Crippen LogP contribution is -2.34. The van der Waals surface area contributed by atoms with E-state index in [0.717, 1.165) is 18.4 Å². The summed E-state index contributed by atoms with van der Waals surface area (Å²) in [7, 11) is 0. The average molecular weight is 259 g/mol. The highest BCUT2D eigenvalue weighted by Crippen LogP contribution is 2.40. The minimum Gasteiger partial charge on any atom is -0.445 e. The van der Waals surface area contributed by atoms with Gasteiger partial charge in [-0.3, -0.25) is 4.79 Å². The van der Waals surface area contributed by atoms with E-state index in [0.29, 0.717) is 25.4 Å². The summed E-state index contributed by atoms with van der Waals surface area (Å²) in [5.74, 6) is 0.384. The molecule has 0 bridgehead atoms. The second kappa shape index (κ2) is 5.03. The number of hydrogen-bond donors (Lipinski definition) is 0. The van der Waals surface area contributed by atoms with Gasteiger partial charge in [-0.25, -0.2) is 4.79 Å². The highest BCUT2D eigenvalue weighted by atomic mass is 16.6. The number of benzene rings is 1. The normalized spacial score (nSPS) is 25.5. The van der Waals surface area contributed by atoms with Crippen molar-refractivity contribution in [2.75, 3.05) is 6.54 Å². The molecule has 1 saturated carbocycles. The first kappa shape index (κ1) is 12.2. The van der Waals surface area contributed by atoms with Gasteiger partial charge in [0.05, 0.1) is 0 Å². The van der Waals surface area contributed by atoms with Crippen LogP contribution in [0.1, 0.15) is 24.8 Å². The molecule has 0 unspecified atom stereocenters. The van der Waals surface area contributed by atoms with Crippen molar-refractivity contribution >= 4 is 11.9 Å². The summed E-state index contributed by atoms with van der Waals surface area (Å²) in [5.41, 5.74) is 0.981. The zero-order valence-corrected chi connectivity index (χ0v) is 10.7. The lowest BCUT2D eigenvalue weighted by atomic mass is 10.2. The number of likely N-dealkylation sites (tertiary alicyclic amines) is 1. The predicted molar refractivity (Wildman–Crippen MR) is 69.5 cm³/mol. The van der Waals surface area contributed by atoms with Gasteiger partial charge >= 0.3 is 6.09 Å². The van der Waals surface area contributed by atoms with Crippen LogP contribution in [0.2, 0.25) is 0 Å². The van der Waals surface area contributed by atoms with Gasteiger partial charge in [0, 0.05) is 24.9 Å². The molecule has 1 aliphatic heterocycles. The zero-order chi connectivity index (χ0) is 13.2. The van der Waals surface area contributed by atoms with Crippen molar-refractivity contribution in [3.05, 3.63) is 35.9 Å². The third kappa shape index (κ3) is 2.62. The molecule has 1 aromatic carbocycles. The molecule has 2 fully saturated rings. The number of fused-ring (bicyclic) bond motifs is 1. The van der Waals surface area contributed by atoms with E-state index >= 15 is 0 Å². The maximum absolute atomic E-state index is 12.1. The quantitative estimate of drug-likeness (QED) is 0.819. The summed E-state index contributed by atoms with van der Waals surface area (Å²) in [6.07, 6.45) is 1.89. The van der Waals surface area contributed by atoms with Gasteiger partial charge in [0.2, 0.25) is 0 Å². The number of Topliss-reactive ketones (excluding diaryl/α,β-unsaturated/α-hetero) is 1. The van der Waals surface area contributed by atoms with Crippen LogP contribution in [0.5, 0.6) is 0 Å². The number of carbonyl (C=O) groups excluding carboxylic acids is 2. The first-order valence-electron chi connectivity index (χ1n) is 6.76. The number of ketones is 1. The molecule has 1 saturated heterocycles. The molecule has 0 radical (unpaired) electrons. The maximum Gasteiger partial charge on any atom is 0.410 e. The fourth-order valence-corrected chi connectivity index (χ4v) is 2.68. The lowest BCUT2D eigenvalue weighted by molar-refractivity contribution is -0.120. The SMILES string of the molecule is O=C1CCCN(C(=O)OCc2ccccc2)[C@H]2C[C@@H]12. The molecule has 100 valence electrons. The highest BCUT2D eigenvalue weighted by Gasteiger charge is 2.49. The van der Waals surface area contributed by atoms with Gasteiger partial charge < -0.3 is 9.64 Å². The molecular weight excluding hydrogens is 242 g/mol. The first-order valence-corrected chi connectivity index (χ1v) is 6.76. The zero-order valence-electron chi connectivity index (χ0n) is 10.7. The van der Waals surface area contributed by atoms with Crippen molar-refractivity contribution in [2.24, 2.45) is 5.92 Å². The van der Waals surface area contributed by atoms with E-state index in [9.17, 15) is 9.59 Å². The van der Waals surface area contributed by atoms with E-state index in [1.54, 1.807) is 4.90 Å². The van der Waals surface area contributed by atoms with Crippen molar-refractivity contribution in [2.45, 2.75) is 31.9 Å². The van der Waals surface area contributed by atoms with Crippen LogP contribution in [0, 0.1) is 5.92 Å². The molecule has 0 N–H and O–H groups in total. The van der Waals surface area contributed by atoms with Gasteiger partial charge in [-0.15, -0.1) is 0 Å². The molecule has 3 rings (SSSR count). The van der Waals surface area contributed by atoms with E-state index in [-0.39, 0.29) is 18.1 Å². The Hall–Kier alpha value is -1.84. The molecule has 1 heterocycles. The molecule has 1 aliphatic carbocycles. The summed E-state index contributed by atoms with van der Waals surface area (Å²) < 4.78 is 5.33. The number of hydrogen-bond acceptors (Lipinski definition) is 3. The highest BCUT2D eigenvalue weighted by molar-refractivity contribution is 5.86. The van der Waals surface area contributed by atoms with Crippen LogP contribution in [-0.4, -0.2) is 29.4 Å². The van der Waals surface area contributed by atoms with Crippen molar-refractivity contribution in [3.8, 4) is 0 Å². The molecule has 2 atom stereocenters. The van der Waals surface area contributed by atoms with Crippen LogP contribution in [0.4, 0.5) is 4.79 Å². The van der Waals surface area contributed by atoms with Crippen molar-refractivity contribution in [1.82, 2.24) is 4.90 Å². The topological polar surface area (TPSA) is 46.6 Å². The Balaban J connectivity index is 1.57. The van der Waals surface area contributed by atoms with Gasteiger partial charge in [0.15, 0.2) is 0 Å². The Morgan fingerprint density at radius 1 is 1.32 bits per heavy atom. The standard InChI is InChI=1S/C15H17NO3/c17-14-7-4-8-16(13-9-12(13)14)15(18)19-10-11-5-2-1-3-6-11/h1-3,5-6,12-13H,4,7-10H2/t12-,13+/m1/s1. The summed E-state index contributed by atoms with van der Waals surface area (Å²) in [6, 6.07) is 9.73. The van der Waals surface area contributed by atoms with E-state index in [4.69, 9.17) is 4.74 Å². The van der Waals surface area contributed by atoms with Crippen molar-refractivity contribution in [1.29, 1.82) is 0 Å². The monoisotopic (exact) mass is 259 g/mol. The third-order valence-corrected chi connectivity index (χ3v) is 3.83. The minimum atomic E-state index is -0.286. The van der Waals surface area contributed by atoms with E-state index in [1.807, 2.05) is 30.3 Å². The van der Waals surface area contributed by atoms with Crippen molar-refractivity contribution in [3.63, 3.8) is 0 Å². The molecule has 0 spiro atoms. The smallest absolute Gasteiger partial charge is 0.410 e. The summed E-state index contributed by atoms with van der Waals surface area (Å²) in [6.45, 7) is 0.933. The van der Waals surface area contributed by atoms with Crippen LogP contribution in [-0.2, 0) is 16.1 Å². The summed E-state index contributed by atoms with van der Waals surface area (Å²) in [4.78, 5) is 25.4. The van der Waals surface area contributed by atoms with Gasteiger partial charge in [0.25, 0.3) is 0 Å².